The number of aliphatic hydroxyl groups excluding tert-OH is 5. The van der Waals surface area contributed by atoms with Gasteiger partial charge >= 0.3 is 0 Å². The van der Waals surface area contributed by atoms with E-state index in [9.17, 15) is 30.3 Å². The van der Waals surface area contributed by atoms with Crippen molar-refractivity contribution >= 4 is 5.91 Å². The van der Waals surface area contributed by atoms with Crippen LogP contribution in [0.4, 0.5) is 0 Å². The van der Waals surface area contributed by atoms with Crippen LogP contribution in [0.25, 0.3) is 0 Å². The fraction of sp³-hybridized carbons (Fsp3) is 0.807. The first-order chi connectivity index (χ1) is 32.3. The number of amides is 1. The van der Waals surface area contributed by atoms with Crippen molar-refractivity contribution in [1.29, 1.82) is 0 Å². The number of carbonyl (C=O) groups excluding carboxylic acids is 1. The van der Waals surface area contributed by atoms with Gasteiger partial charge in [-0.25, -0.2) is 0 Å². The summed E-state index contributed by atoms with van der Waals surface area (Å²) in [6, 6.07) is -0.800. The topological polar surface area (TPSA) is 149 Å². The van der Waals surface area contributed by atoms with E-state index in [1.807, 2.05) is 6.08 Å². The fourth-order valence-electron chi connectivity index (χ4n) is 8.50. The zero-order chi connectivity index (χ0) is 48.0. The number of hydrogen-bond donors (Lipinski definition) is 6. The Balaban J connectivity index is 1.97. The molecule has 384 valence electrons. The predicted molar refractivity (Wildman–Crippen MR) is 276 cm³/mol. The van der Waals surface area contributed by atoms with Gasteiger partial charge in [-0.2, -0.15) is 0 Å². The lowest BCUT2D eigenvalue weighted by molar-refractivity contribution is -0.302. The summed E-state index contributed by atoms with van der Waals surface area (Å²) in [4.78, 5) is 12.9. The van der Waals surface area contributed by atoms with Gasteiger partial charge in [0, 0.05) is 6.42 Å². The number of unbranched alkanes of at least 4 members (excludes halogenated alkanes) is 28. The molecule has 0 bridgehead atoms. The molecule has 0 radical (unpaired) electrons. The van der Waals surface area contributed by atoms with E-state index in [-0.39, 0.29) is 12.5 Å². The van der Waals surface area contributed by atoms with Crippen LogP contribution in [0.15, 0.2) is 60.8 Å². The summed E-state index contributed by atoms with van der Waals surface area (Å²) in [6.45, 7) is 3.58. The van der Waals surface area contributed by atoms with E-state index in [2.05, 4.69) is 67.8 Å². The van der Waals surface area contributed by atoms with E-state index >= 15 is 0 Å². The highest BCUT2D eigenvalue weighted by molar-refractivity contribution is 5.76. The van der Waals surface area contributed by atoms with Gasteiger partial charge in [-0.1, -0.05) is 235 Å². The van der Waals surface area contributed by atoms with Crippen molar-refractivity contribution in [3.63, 3.8) is 0 Å². The molecule has 0 aliphatic carbocycles. The maximum Gasteiger partial charge on any atom is 0.220 e. The van der Waals surface area contributed by atoms with E-state index in [0.717, 1.165) is 70.6 Å². The Morgan fingerprint density at radius 1 is 0.530 bits per heavy atom. The van der Waals surface area contributed by atoms with Crippen LogP contribution in [0.2, 0.25) is 0 Å². The first-order valence-corrected chi connectivity index (χ1v) is 27.5. The van der Waals surface area contributed by atoms with E-state index in [4.69, 9.17) is 9.47 Å². The average Bonchev–Trinajstić information content (AvgIpc) is 3.32. The molecule has 0 spiro atoms. The number of hydrogen-bond acceptors (Lipinski definition) is 8. The zero-order valence-electron chi connectivity index (χ0n) is 42.4. The Morgan fingerprint density at radius 2 is 0.939 bits per heavy atom. The van der Waals surface area contributed by atoms with Crippen LogP contribution < -0.4 is 5.32 Å². The standard InChI is InChI=1S/C57H103NO8/c1-3-5-7-9-11-12-13-14-15-16-17-18-19-20-21-22-23-24-25-26-27-28-29-30-31-32-33-34-35-36-37-38-39-40-41-43-45-47-53(61)58-50(51(60)46-44-42-10-8-6-4-2)49-65-57-56(64)55(63)54(62)52(48-59)66-57/h5,7,11-12,14-15,17-18,44,46,50-52,54-57,59-60,62-64H,3-4,6,8-10,13,16,19-43,45,47-49H2,1-2H3,(H,58,61)/b7-5-,12-11-,15-14-,18-17-,46-44+. The number of allylic oxidation sites excluding steroid dienone is 9. The molecule has 1 saturated heterocycles. The van der Waals surface area contributed by atoms with Crippen molar-refractivity contribution in [2.24, 2.45) is 0 Å². The lowest BCUT2D eigenvalue weighted by Gasteiger charge is -2.40. The minimum absolute atomic E-state index is 0.181. The first kappa shape index (κ1) is 61.9. The SMILES string of the molecule is CC/C=C\C/C=C\C/C=C\C/C=C\CCCCCCCCCCCCCCCCCCCCCCCCCCC(=O)NC(COC1OC(CO)C(O)C(O)C1O)C(O)/C=C/CCCCCC. The molecule has 7 unspecified atom stereocenters. The maximum absolute atomic E-state index is 12.9. The van der Waals surface area contributed by atoms with Gasteiger partial charge in [0.05, 0.1) is 25.4 Å². The fourth-order valence-corrected chi connectivity index (χ4v) is 8.50. The molecule has 1 heterocycles. The molecule has 0 aromatic heterocycles. The molecule has 1 fully saturated rings. The highest BCUT2D eigenvalue weighted by atomic mass is 16.7. The van der Waals surface area contributed by atoms with Gasteiger partial charge in [0.15, 0.2) is 6.29 Å². The van der Waals surface area contributed by atoms with Crippen molar-refractivity contribution in [3.8, 4) is 0 Å². The first-order valence-electron chi connectivity index (χ1n) is 27.5. The van der Waals surface area contributed by atoms with Crippen molar-refractivity contribution < 1.29 is 39.8 Å². The number of carbonyl (C=O) groups is 1. The van der Waals surface area contributed by atoms with Crippen LogP contribution in [0.5, 0.6) is 0 Å². The molecule has 0 aromatic rings. The number of aliphatic hydroxyl groups is 5. The van der Waals surface area contributed by atoms with Gasteiger partial charge in [0.2, 0.25) is 5.91 Å². The second-order valence-electron chi connectivity index (χ2n) is 19.0. The van der Waals surface area contributed by atoms with E-state index in [1.165, 1.54) is 148 Å². The molecule has 1 aliphatic rings. The van der Waals surface area contributed by atoms with Crippen LogP contribution in [0.1, 0.15) is 239 Å². The third-order valence-corrected chi connectivity index (χ3v) is 12.8. The van der Waals surface area contributed by atoms with Crippen molar-refractivity contribution in [2.45, 2.75) is 281 Å². The molecule has 9 nitrogen and oxygen atoms in total. The Morgan fingerprint density at radius 3 is 1.39 bits per heavy atom. The van der Waals surface area contributed by atoms with E-state index in [0.29, 0.717) is 6.42 Å². The van der Waals surface area contributed by atoms with Crippen molar-refractivity contribution in [2.75, 3.05) is 13.2 Å². The lowest BCUT2D eigenvalue weighted by Crippen LogP contribution is -2.60. The highest BCUT2D eigenvalue weighted by Crippen LogP contribution is 2.23. The van der Waals surface area contributed by atoms with Crippen LogP contribution in [0.3, 0.4) is 0 Å². The minimum Gasteiger partial charge on any atom is -0.394 e. The Kier molecular flexibility index (Phi) is 43.7. The normalized spacial score (nSPS) is 20.3. The van der Waals surface area contributed by atoms with Gasteiger partial charge in [0.25, 0.3) is 0 Å². The van der Waals surface area contributed by atoms with E-state index in [1.54, 1.807) is 6.08 Å². The Labute approximate surface area is 405 Å². The van der Waals surface area contributed by atoms with Gasteiger partial charge in [-0.3, -0.25) is 4.79 Å². The summed E-state index contributed by atoms with van der Waals surface area (Å²) in [5.74, 6) is -0.181. The molecular weight excluding hydrogens is 827 g/mol. The Hall–Kier alpha value is -2.11. The largest absolute Gasteiger partial charge is 0.394 e. The van der Waals surface area contributed by atoms with Crippen LogP contribution in [0, 0.1) is 0 Å². The van der Waals surface area contributed by atoms with Crippen LogP contribution in [-0.4, -0.2) is 87.5 Å². The molecule has 7 atom stereocenters. The minimum atomic E-state index is -1.56. The second-order valence-corrected chi connectivity index (χ2v) is 19.0. The predicted octanol–water partition coefficient (Wildman–Crippen LogP) is 13.1. The molecule has 1 amide bonds. The molecule has 1 aliphatic heterocycles. The summed E-state index contributed by atoms with van der Waals surface area (Å²) in [5, 5.41) is 53.9. The molecule has 1 rings (SSSR count). The van der Waals surface area contributed by atoms with E-state index < -0.39 is 49.5 Å². The van der Waals surface area contributed by atoms with Crippen LogP contribution >= 0.6 is 0 Å². The molecule has 66 heavy (non-hydrogen) atoms. The van der Waals surface area contributed by atoms with Gasteiger partial charge in [-0.05, 0) is 57.8 Å². The second kappa shape index (κ2) is 46.6. The van der Waals surface area contributed by atoms with Gasteiger partial charge in [-0.15, -0.1) is 0 Å². The van der Waals surface area contributed by atoms with Gasteiger partial charge in [0.1, 0.15) is 24.4 Å². The summed E-state index contributed by atoms with van der Waals surface area (Å²) >= 11 is 0. The third-order valence-electron chi connectivity index (χ3n) is 12.8. The smallest absolute Gasteiger partial charge is 0.220 e. The molecule has 0 aromatic carbocycles. The zero-order valence-corrected chi connectivity index (χ0v) is 42.4. The lowest BCUT2D eigenvalue weighted by atomic mass is 9.99. The van der Waals surface area contributed by atoms with Crippen molar-refractivity contribution in [3.05, 3.63) is 60.8 Å². The molecule has 0 saturated carbocycles. The summed E-state index contributed by atoms with van der Waals surface area (Å²) in [6.07, 6.45) is 56.4. The monoisotopic (exact) mass is 930 g/mol. The van der Waals surface area contributed by atoms with Crippen LogP contribution in [-0.2, 0) is 14.3 Å². The summed E-state index contributed by atoms with van der Waals surface area (Å²) in [7, 11) is 0. The number of ether oxygens (including phenoxy) is 2. The number of rotatable bonds is 46. The summed E-state index contributed by atoms with van der Waals surface area (Å²) in [5.41, 5.74) is 0. The van der Waals surface area contributed by atoms with Gasteiger partial charge < -0.3 is 40.3 Å². The third kappa shape index (κ3) is 36.0. The molecule has 6 N–H and O–H groups in total. The molecule has 9 heteroatoms. The average molecular weight is 930 g/mol. The Bertz CT molecular complexity index is 1220. The summed E-state index contributed by atoms with van der Waals surface area (Å²) < 4.78 is 11.2. The number of nitrogens with one attached hydrogen (secondary N) is 1. The highest BCUT2D eigenvalue weighted by Gasteiger charge is 2.44. The van der Waals surface area contributed by atoms with Crippen molar-refractivity contribution in [1.82, 2.24) is 5.32 Å². The molecular formula is C57H103NO8. The maximum atomic E-state index is 12.9. The quantitative estimate of drug-likeness (QED) is 0.0261.